The van der Waals surface area contributed by atoms with Gasteiger partial charge in [0.1, 0.15) is 5.76 Å². The molecule has 1 N–H and O–H groups in total. The van der Waals surface area contributed by atoms with Gasteiger partial charge in [0, 0.05) is 16.7 Å². The van der Waals surface area contributed by atoms with Crippen molar-refractivity contribution in [2.75, 3.05) is 0 Å². The molecule has 1 aromatic carbocycles. The lowest BCUT2D eigenvalue weighted by Crippen LogP contribution is -1.84. The van der Waals surface area contributed by atoms with E-state index in [9.17, 15) is 5.11 Å². The molecule has 68 valence electrons. The zero-order valence-corrected chi connectivity index (χ0v) is 9.03. The van der Waals surface area contributed by atoms with Crippen molar-refractivity contribution < 1.29 is 5.11 Å². The fourth-order valence-corrected chi connectivity index (χ4v) is 1.27. The van der Waals surface area contributed by atoms with Crippen LogP contribution in [0.3, 0.4) is 0 Å². The van der Waals surface area contributed by atoms with Crippen LogP contribution >= 0.6 is 36.4 Å². The van der Waals surface area contributed by atoms with Crippen molar-refractivity contribution >= 4 is 46.4 Å². The standard InChI is InChI=1S/C9H7ClOS2/c10-7-3-1-2-6(4-7)8(11)5-9(12)13/h1-5,11H,(H,12,13). The molecule has 0 heterocycles. The van der Waals surface area contributed by atoms with Crippen LogP contribution in [0.2, 0.25) is 5.02 Å². The lowest BCUT2D eigenvalue weighted by Gasteiger charge is -1.99. The van der Waals surface area contributed by atoms with Gasteiger partial charge in [-0.1, -0.05) is 36.0 Å². The zero-order chi connectivity index (χ0) is 9.84. The smallest absolute Gasteiger partial charge is 0.124 e. The van der Waals surface area contributed by atoms with Gasteiger partial charge >= 0.3 is 0 Å². The molecule has 1 rings (SSSR count). The van der Waals surface area contributed by atoms with Gasteiger partial charge in [0.25, 0.3) is 0 Å². The maximum atomic E-state index is 9.48. The number of rotatable bonds is 2. The highest BCUT2D eigenvalue weighted by Crippen LogP contribution is 2.16. The lowest BCUT2D eigenvalue weighted by atomic mass is 10.2. The molecule has 0 aliphatic heterocycles. The fraction of sp³-hybridized carbons (Fsp3) is 0. The van der Waals surface area contributed by atoms with Crippen LogP contribution in [0.5, 0.6) is 0 Å². The Balaban J connectivity index is 3.02. The van der Waals surface area contributed by atoms with E-state index in [1.54, 1.807) is 24.3 Å². The van der Waals surface area contributed by atoms with E-state index in [1.165, 1.54) is 6.08 Å². The fourth-order valence-electron chi connectivity index (χ4n) is 0.848. The van der Waals surface area contributed by atoms with E-state index >= 15 is 0 Å². The minimum absolute atomic E-state index is 0.0718. The van der Waals surface area contributed by atoms with Gasteiger partial charge in [-0.15, -0.1) is 12.6 Å². The molecule has 0 aliphatic carbocycles. The second-order valence-corrected chi connectivity index (χ2v) is 4.04. The number of hydrogen-bond acceptors (Lipinski definition) is 2. The van der Waals surface area contributed by atoms with Crippen molar-refractivity contribution in [3.63, 3.8) is 0 Å². The molecule has 0 amide bonds. The first-order valence-electron chi connectivity index (χ1n) is 3.49. The van der Waals surface area contributed by atoms with Gasteiger partial charge in [-0.3, -0.25) is 0 Å². The highest BCUT2D eigenvalue weighted by molar-refractivity contribution is 8.11. The van der Waals surface area contributed by atoms with Gasteiger partial charge in [0.15, 0.2) is 0 Å². The van der Waals surface area contributed by atoms with Crippen LogP contribution in [-0.2, 0) is 0 Å². The Morgan fingerprint density at radius 1 is 1.54 bits per heavy atom. The molecule has 0 unspecified atom stereocenters. The number of halogens is 1. The highest BCUT2D eigenvalue weighted by atomic mass is 35.5. The summed E-state index contributed by atoms with van der Waals surface area (Å²) in [6.45, 7) is 0. The summed E-state index contributed by atoms with van der Waals surface area (Å²) in [5.41, 5.74) is 0.629. The van der Waals surface area contributed by atoms with Crippen LogP contribution in [0.25, 0.3) is 5.76 Å². The van der Waals surface area contributed by atoms with Gasteiger partial charge in [-0.2, -0.15) is 0 Å². The third kappa shape index (κ3) is 3.38. The Labute approximate surface area is 92.4 Å². The molecule has 4 heteroatoms. The third-order valence-corrected chi connectivity index (χ3v) is 1.86. The second kappa shape index (κ2) is 4.65. The van der Waals surface area contributed by atoms with Crippen LogP contribution in [0.4, 0.5) is 0 Å². The Hall–Kier alpha value is -0.510. The first-order valence-corrected chi connectivity index (χ1v) is 4.72. The van der Waals surface area contributed by atoms with Crippen LogP contribution in [0.1, 0.15) is 5.56 Å². The average molecular weight is 231 g/mol. The molecule has 0 bridgehead atoms. The summed E-state index contributed by atoms with van der Waals surface area (Å²) in [6, 6.07) is 6.88. The van der Waals surface area contributed by atoms with Crippen molar-refractivity contribution in [2.45, 2.75) is 0 Å². The van der Waals surface area contributed by atoms with Crippen LogP contribution < -0.4 is 0 Å². The first kappa shape index (κ1) is 10.6. The van der Waals surface area contributed by atoms with E-state index < -0.39 is 0 Å². The average Bonchev–Trinajstić information content (AvgIpc) is 2.03. The van der Waals surface area contributed by atoms with Crippen LogP contribution in [-0.4, -0.2) is 9.30 Å². The van der Waals surface area contributed by atoms with E-state index in [2.05, 4.69) is 12.6 Å². The predicted molar refractivity (Wildman–Crippen MR) is 63.6 cm³/mol. The normalized spacial score (nSPS) is 11.4. The molecule has 0 spiro atoms. The Kier molecular flexibility index (Phi) is 3.78. The van der Waals surface area contributed by atoms with E-state index in [-0.39, 0.29) is 5.76 Å². The van der Waals surface area contributed by atoms with Crippen molar-refractivity contribution in [3.8, 4) is 0 Å². The molecule has 0 radical (unpaired) electrons. The van der Waals surface area contributed by atoms with Crippen LogP contribution in [0, 0.1) is 0 Å². The molecule has 0 atom stereocenters. The summed E-state index contributed by atoms with van der Waals surface area (Å²) < 4.78 is 0.331. The van der Waals surface area contributed by atoms with Gasteiger partial charge < -0.3 is 5.11 Å². The number of thiol groups is 1. The van der Waals surface area contributed by atoms with Crippen molar-refractivity contribution in [3.05, 3.63) is 40.9 Å². The zero-order valence-electron chi connectivity index (χ0n) is 6.57. The van der Waals surface area contributed by atoms with E-state index in [1.807, 2.05) is 0 Å². The highest BCUT2D eigenvalue weighted by Gasteiger charge is 1.99. The summed E-state index contributed by atoms with van der Waals surface area (Å²) in [5, 5.41) is 10.1. The molecule has 13 heavy (non-hydrogen) atoms. The maximum Gasteiger partial charge on any atom is 0.124 e. The number of benzene rings is 1. The van der Waals surface area contributed by atoms with E-state index in [4.69, 9.17) is 23.8 Å². The molecule has 1 nitrogen and oxygen atoms in total. The number of hydrogen-bond donors (Lipinski definition) is 2. The maximum absolute atomic E-state index is 9.48. The van der Waals surface area contributed by atoms with E-state index in [0.717, 1.165) is 0 Å². The van der Waals surface area contributed by atoms with Crippen LogP contribution in [0.15, 0.2) is 30.3 Å². The second-order valence-electron chi connectivity index (χ2n) is 2.38. The monoisotopic (exact) mass is 230 g/mol. The summed E-state index contributed by atoms with van der Waals surface area (Å²) in [5.74, 6) is 0.0718. The van der Waals surface area contributed by atoms with Crippen molar-refractivity contribution in [1.82, 2.24) is 0 Å². The molecule has 0 aliphatic rings. The van der Waals surface area contributed by atoms with Crippen molar-refractivity contribution in [1.29, 1.82) is 0 Å². The topological polar surface area (TPSA) is 20.2 Å². The molecule has 0 saturated heterocycles. The van der Waals surface area contributed by atoms with Gasteiger partial charge in [-0.05, 0) is 12.1 Å². The summed E-state index contributed by atoms with van der Waals surface area (Å²) in [4.78, 5) is 0. The Morgan fingerprint density at radius 3 is 2.77 bits per heavy atom. The predicted octanol–water partition coefficient (Wildman–Crippen LogP) is 3.50. The summed E-state index contributed by atoms with van der Waals surface area (Å²) >= 11 is 14.3. The van der Waals surface area contributed by atoms with Gasteiger partial charge in [0.05, 0.1) is 4.20 Å². The van der Waals surface area contributed by atoms with Gasteiger partial charge in [-0.25, -0.2) is 0 Å². The van der Waals surface area contributed by atoms with E-state index in [0.29, 0.717) is 14.8 Å². The largest absolute Gasteiger partial charge is 0.507 e. The molecule has 0 aromatic heterocycles. The SMILES string of the molecule is OC(=CC(=S)S)c1cccc(Cl)c1. The molecular formula is C9H7ClOS2. The molecule has 0 fully saturated rings. The molecule has 0 saturated carbocycles. The summed E-state index contributed by atoms with van der Waals surface area (Å²) in [7, 11) is 0. The first-order chi connectivity index (χ1) is 6.09. The number of aliphatic hydroxyl groups excluding tert-OH is 1. The Morgan fingerprint density at radius 2 is 2.23 bits per heavy atom. The van der Waals surface area contributed by atoms with Crippen molar-refractivity contribution in [2.24, 2.45) is 0 Å². The number of thiocarbonyl (C=S) groups is 1. The third-order valence-electron chi connectivity index (χ3n) is 1.38. The molecular weight excluding hydrogens is 224 g/mol. The quantitative estimate of drug-likeness (QED) is 0.351. The minimum Gasteiger partial charge on any atom is -0.507 e. The number of aliphatic hydroxyl groups is 1. The minimum atomic E-state index is 0.0718. The Bertz CT molecular complexity index is 360. The molecule has 1 aromatic rings. The lowest BCUT2D eigenvalue weighted by molar-refractivity contribution is 0.512. The summed E-state index contributed by atoms with van der Waals surface area (Å²) in [6.07, 6.45) is 1.39. The van der Waals surface area contributed by atoms with Gasteiger partial charge in [0.2, 0.25) is 0 Å².